The van der Waals surface area contributed by atoms with Crippen LogP contribution < -0.4 is 4.72 Å². The zero-order chi connectivity index (χ0) is 20.3. The van der Waals surface area contributed by atoms with Gasteiger partial charge in [0, 0.05) is 30.9 Å². The molecule has 8 heteroatoms. The van der Waals surface area contributed by atoms with Crippen LogP contribution >= 0.6 is 0 Å². The third-order valence-corrected chi connectivity index (χ3v) is 5.85. The highest BCUT2D eigenvalue weighted by molar-refractivity contribution is 7.89. The minimum Gasteiger partial charge on any atom is -0.337 e. The van der Waals surface area contributed by atoms with Crippen molar-refractivity contribution in [2.45, 2.75) is 18.4 Å². The maximum Gasteiger partial charge on any atom is 0.254 e. The van der Waals surface area contributed by atoms with E-state index in [4.69, 9.17) is 0 Å². The molecule has 0 radical (unpaired) electrons. The normalized spacial score (nSPS) is 11.4. The van der Waals surface area contributed by atoms with Crippen LogP contribution in [0.3, 0.4) is 0 Å². The molecule has 1 heterocycles. The van der Waals surface area contributed by atoms with Crippen LogP contribution in [-0.2, 0) is 16.6 Å². The van der Waals surface area contributed by atoms with E-state index in [1.54, 1.807) is 35.8 Å². The fourth-order valence-electron chi connectivity index (χ4n) is 2.83. The van der Waals surface area contributed by atoms with Gasteiger partial charge in [0.05, 0.1) is 16.8 Å². The molecule has 0 aliphatic heterocycles. The third-order valence-electron chi connectivity index (χ3n) is 4.44. The van der Waals surface area contributed by atoms with Crippen LogP contribution in [0, 0.1) is 6.92 Å². The van der Waals surface area contributed by atoms with Crippen LogP contribution in [0.15, 0.2) is 65.8 Å². The molecule has 0 aliphatic rings. The second-order valence-electron chi connectivity index (χ2n) is 6.47. The minimum absolute atomic E-state index is 0.0641. The van der Waals surface area contributed by atoms with Gasteiger partial charge in [0.1, 0.15) is 0 Å². The predicted octanol–water partition coefficient (Wildman–Crippen LogP) is 2.36. The maximum absolute atomic E-state index is 12.9. The number of amides is 1. The highest BCUT2D eigenvalue weighted by atomic mass is 32.2. The first kappa shape index (κ1) is 19.8. The van der Waals surface area contributed by atoms with Crippen LogP contribution in [0.4, 0.5) is 0 Å². The Balaban J connectivity index is 1.80. The average Bonchev–Trinajstić information content (AvgIpc) is 3.16. The molecule has 0 saturated heterocycles. The molecule has 0 atom stereocenters. The number of carbonyl (C=O) groups excluding carboxylic acids is 1. The molecule has 0 unspecified atom stereocenters. The van der Waals surface area contributed by atoms with Crippen molar-refractivity contribution in [3.63, 3.8) is 0 Å². The van der Waals surface area contributed by atoms with Gasteiger partial charge < -0.3 is 4.90 Å². The second kappa shape index (κ2) is 7.95. The smallest absolute Gasteiger partial charge is 0.254 e. The van der Waals surface area contributed by atoms with Gasteiger partial charge in [-0.2, -0.15) is 5.10 Å². The fraction of sp³-hybridized carbons (Fsp3) is 0.200. The van der Waals surface area contributed by atoms with Crippen LogP contribution in [0.25, 0.3) is 5.69 Å². The molecule has 0 aliphatic carbocycles. The van der Waals surface area contributed by atoms with Gasteiger partial charge >= 0.3 is 0 Å². The molecule has 0 fully saturated rings. The number of sulfonamides is 1. The number of aromatic nitrogens is 2. The predicted molar refractivity (Wildman–Crippen MR) is 107 cm³/mol. The van der Waals surface area contributed by atoms with Crippen molar-refractivity contribution in [3.05, 3.63) is 77.6 Å². The molecular formula is C20H22N4O3S. The summed E-state index contributed by atoms with van der Waals surface area (Å²) in [6.07, 6.45) is 3.58. The largest absolute Gasteiger partial charge is 0.337 e. The fourth-order valence-corrected chi connectivity index (χ4v) is 3.59. The highest BCUT2D eigenvalue weighted by Crippen LogP contribution is 2.18. The van der Waals surface area contributed by atoms with E-state index in [1.807, 2.05) is 36.5 Å². The van der Waals surface area contributed by atoms with Gasteiger partial charge in [-0.3, -0.25) is 4.79 Å². The van der Waals surface area contributed by atoms with E-state index in [9.17, 15) is 13.2 Å². The van der Waals surface area contributed by atoms with Crippen molar-refractivity contribution < 1.29 is 13.2 Å². The number of para-hydroxylation sites is 1. The molecule has 1 aromatic heterocycles. The van der Waals surface area contributed by atoms with Crippen LogP contribution in [0.1, 0.15) is 21.5 Å². The van der Waals surface area contributed by atoms with Gasteiger partial charge in [-0.05, 0) is 43.8 Å². The molecule has 3 rings (SSSR count). The van der Waals surface area contributed by atoms with Gasteiger partial charge in [-0.1, -0.05) is 24.3 Å². The van der Waals surface area contributed by atoms with E-state index in [0.717, 1.165) is 11.3 Å². The monoisotopic (exact) mass is 398 g/mol. The van der Waals surface area contributed by atoms with Crippen LogP contribution in [0.2, 0.25) is 0 Å². The van der Waals surface area contributed by atoms with Gasteiger partial charge in [0.2, 0.25) is 10.0 Å². The van der Waals surface area contributed by atoms with Gasteiger partial charge in [-0.15, -0.1) is 0 Å². The standard InChI is InChI=1S/C20H22N4O3S/c1-15-9-10-18(28(26,27)21-2)11-19(15)20(25)23(3)13-16-12-22-24(14-16)17-7-5-4-6-8-17/h4-12,14,21H,13H2,1-3H3. The zero-order valence-electron chi connectivity index (χ0n) is 16.0. The number of rotatable bonds is 6. The Hall–Kier alpha value is -2.97. The molecule has 1 amide bonds. The summed E-state index contributed by atoms with van der Waals surface area (Å²) in [5.74, 6) is -0.252. The first-order chi connectivity index (χ1) is 13.3. The van der Waals surface area contributed by atoms with Gasteiger partial charge in [0.15, 0.2) is 0 Å². The number of aryl methyl sites for hydroxylation is 1. The lowest BCUT2D eigenvalue weighted by Crippen LogP contribution is -2.27. The summed E-state index contributed by atoms with van der Waals surface area (Å²) in [6, 6.07) is 14.2. The van der Waals surface area contributed by atoms with Crippen molar-refractivity contribution in [2.24, 2.45) is 0 Å². The summed E-state index contributed by atoms with van der Waals surface area (Å²) in [7, 11) is -0.595. The molecule has 0 bridgehead atoms. The zero-order valence-corrected chi connectivity index (χ0v) is 16.8. The molecular weight excluding hydrogens is 376 g/mol. The topological polar surface area (TPSA) is 84.3 Å². The van der Waals surface area contributed by atoms with Crippen molar-refractivity contribution in [1.29, 1.82) is 0 Å². The Morgan fingerprint density at radius 3 is 2.57 bits per heavy atom. The molecule has 3 aromatic rings. The Morgan fingerprint density at radius 2 is 1.89 bits per heavy atom. The Kier molecular flexibility index (Phi) is 5.62. The van der Waals surface area contributed by atoms with Crippen LogP contribution in [-0.4, -0.2) is 43.1 Å². The third kappa shape index (κ3) is 4.13. The summed E-state index contributed by atoms with van der Waals surface area (Å²) in [5, 5.41) is 4.34. The number of nitrogens with one attached hydrogen (secondary N) is 1. The summed E-state index contributed by atoms with van der Waals surface area (Å²) >= 11 is 0. The van der Waals surface area contributed by atoms with E-state index in [2.05, 4.69) is 9.82 Å². The molecule has 1 N–H and O–H groups in total. The Morgan fingerprint density at radius 1 is 1.18 bits per heavy atom. The van der Waals surface area contributed by atoms with Crippen molar-refractivity contribution in [1.82, 2.24) is 19.4 Å². The lowest BCUT2D eigenvalue weighted by atomic mass is 10.1. The van der Waals surface area contributed by atoms with Crippen molar-refractivity contribution >= 4 is 15.9 Å². The molecule has 146 valence electrons. The van der Waals surface area contributed by atoms with Gasteiger partial charge in [0.25, 0.3) is 5.91 Å². The highest BCUT2D eigenvalue weighted by Gasteiger charge is 2.19. The maximum atomic E-state index is 12.9. The molecule has 0 saturated carbocycles. The van der Waals surface area contributed by atoms with Crippen molar-refractivity contribution in [2.75, 3.05) is 14.1 Å². The first-order valence-electron chi connectivity index (χ1n) is 8.70. The average molecular weight is 398 g/mol. The SMILES string of the molecule is CNS(=O)(=O)c1ccc(C)c(C(=O)N(C)Cc2cnn(-c3ccccc3)c2)c1. The number of hydrogen-bond acceptors (Lipinski definition) is 4. The molecule has 0 spiro atoms. The van der Waals surface area contributed by atoms with E-state index in [0.29, 0.717) is 17.7 Å². The lowest BCUT2D eigenvalue weighted by Gasteiger charge is -2.18. The quantitative estimate of drug-likeness (QED) is 0.691. The number of hydrogen-bond donors (Lipinski definition) is 1. The van der Waals surface area contributed by atoms with Gasteiger partial charge in [-0.25, -0.2) is 17.8 Å². The first-order valence-corrected chi connectivity index (χ1v) is 10.2. The molecule has 7 nitrogen and oxygen atoms in total. The van der Waals surface area contributed by atoms with Crippen molar-refractivity contribution in [3.8, 4) is 5.69 Å². The summed E-state index contributed by atoms with van der Waals surface area (Å²) < 4.78 is 28.1. The van der Waals surface area contributed by atoms with E-state index in [-0.39, 0.29) is 10.8 Å². The number of nitrogens with zero attached hydrogens (tertiary/aromatic N) is 3. The van der Waals surface area contributed by atoms with Crippen LogP contribution in [0.5, 0.6) is 0 Å². The molecule has 28 heavy (non-hydrogen) atoms. The lowest BCUT2D eigenvalue weighted by molar-refractivity contribution is 0.0784. The van der Waals surface area contributed by atoms with E-state index in [1.165, 1.54) is 19.2 Å². The second-order valence-corrected chi connectivity index (χ2v) is 8.36. The Bertz CT molecular complexity index is 1090. The van der Waals surface area contributed by atoms with E-state index < -0.39 is 10.0 Å². The summed E-state index contributed by atoms with van der Waals surface area (Å²) in [5.41, 5.74) is 2.88. The molecule has 2 aromatic carbocycles. The summed E-state index contributed by atoms with van der Waals surface area (Å²) in [4.78, 5) is 14.5. The minimum atomic E-state index is -3.62. The summed E-state index contributed by atoms with van der Waals surface area (Å²) in [6.45, 7) is 2.14. The number of carbonyl (C=O) groups is 1. The van der Waals surface area contributed by atoms with E-state index >= 15 is 0 Å². The Labute approximate surface area is 164 Å². The number of benzene rings is 2.